The Morgan fingerprint density at radius 2 is 1.74 bits per heavy atom. The molecule has 0 amide bonds. The van der Waals surface area contributed by atoms with Crippen molar-refractivity contribution in [2.24, 2.45) is 4.99 Å². The number of hydrogen-bond acceptors (Lipinski definition) is 3. The minimum Gasteiger partial charge on any atom is -0.355 e. The quantitative estimate of drug-likeness (QED) is 0.383. The van der Waals surface area contributed by atoms with Crippen LogP contribution in [-0.2, 0) is 16.6 Å². The molecule has 0 radical (unpaired) electrons. The Labute approximate surface area is 160 Å². The van der Waals surface area contributed by atoms with Gasteiger partial charge in [0.05, 0.1) is 4.90 Å². The summed E-state index contributed by atoms with van der Waals surface area (Å²) < 4.78 is 40.5. The predicted molar refractivity (Wildman–Crippen MR) is 106 cm³/mol. The van der Waals surface area contributed by atoms with Crippen LogP contribution in [-0.4, -0.2) is 34.5 Å². The van der Waals surface area contributed by atoms with E-state index in [0.717, 1.165) is 11.1 Å². The number of sulfonamides is 1. The zero-order chi connectivity index (χ0) is 19.9. The molecule has 0 aliphatic carbocycles. The van der Waals surface area contributed by atoms with Crippen LogP contribution in [0.2, 0.25) is 0 Å². The van der Waals surface area contributed by atoms with Crippen LogP contribution in [0, 0.1) is 19.7 Å². The molecule has 0 atom stereocenters. The molecule has 0 aliphatic rings. The third-order valence-electron chi connectivity index (χ3n) is 3.96. The smallest absolute Gasteiger partial charge is 0.240 e. The number of rotatable bonds is 7. The molecule has 6 nitrogen and oxygen atoms in total. The minimum atomic E-state index is -3.54. The number of guanidine groups is 1. The second kappa shape index (κ2) is 9.48. The summed E-state index contributed by atoms with van der Waals surface area (Å²) in [7, 11) is -1.93. The Balaban J connectivity index is 1.79. The van der Waals surface area contributed by atoms with E-state index < -0.39 is 10.0 Å². The molecule has 27 heavy (non-hydrogen) atoms. The maximum Gasteiger partial charge on any atom is 0.240 e. The third-order valence-corrected chi connectivity index (χ3v) is 5.44. The summed E-state index contributed by atoms with van der Waals surface area (Å²) in [5.74, 6) is 0.258. The largest absolute Gasteiger partial charge is 0.355 e. The van der Waals surface area contributed by atoms with Gasteiger partial charge in [-0.05, 0) is 43.2 Å². The van der Waals surface area contributed by atoms with Crippen LogP contribution in [0.4, 0.5) is 4.39 Å². The summed E-state index contributed by atoms with van der Waals surface area (Å²) >= 11 is 0. The van der Waals surface area contributed by atoms with Crippen molar-refractivity contribution in [3.8, 4) is 0 Å². The van der Waals surface area contributed by atoms with Crippen LogP contribution in [0.1, 0.15) is 16.7 Å². The highest BCUT2D eigenvalue weighted by Gasteiger charge is 2.12. The number of nitrogens with zero attached hydrogens (tertiary/aromatic N) is 1. The van der Waals surface area contributed by atoms with Gasteiger partial charge in [-0.25, -0.2) is 17.5 Å². The van der Waals surface area contributed by atoms with Crippen molar-refractivity contribution >= 4 is 16.0 Å². The van der Waals surface area contributed by atoms with Crippen LogP contribution < -0.4 is 15.4 Å². The molecule has 0 heterocycles. The summed E-state index contributed by atoms with van der Waals surface area (Å²) in [5.41, 5.74) is 2.39. The monoisotopic (exact) mass is 392 g/mol. The Morgan fingerprint density at radius 1 is 1.04 bits per heavy atom. The fraction of sp³-hybridized carbons (Fsp3) is 0.316. The number of aliphatic imine (C=N–C) groups is 1. The lowest BCUT2D eigenvalue weighted by molar-refractivity contribution is 0.580. The summed E-state index contributed by atoms with van der Waals surface area (Å²) in [4.78, 5) is 4.30. The lowest BCUT2D eigenvalue weighted by Crippen LogP contribution is -2.41. The predicted octanol–water partition coefficient (Wildman–Crippen LogP) is 2.09. The number of hydrogen-bond donors (Lipinski definition) is 3. The second-order valence-electron chi connectivity index (χ2n) is 6.15. The molecular weight excluding hydrogens is 367 g/mol. The molecule has 3 N–H and O–H groups in total. The average molecular weight is 393 g/mol. The molecular formula is C19H25FN4O2S. The third kappa shape index (κ3) is 6.33. The van der Waals surface area contributed by atoms with E-state index in [-0.39, 0.29) is 17.3 Å². The van der Waals surface area contributed by atoms with Crippen molar-refractivity contribution in [1.29, 1.82) is 0 Å². The maximum atomic E-state index is 13.6. The molecule has 8 heteroatoms. The van der Waals surface area contributed by atoms with Crippen molar-refractivity contribution in [1.82, 2.24) is 15.4 Å². The van der Waals surface area contributed by atoms with E-state index in [2.05, 4.69) is 20.3 Å². The first-order chi connectivity index (χ1) is 12.8. The van der Waals surface area contributed by atoms with E-state index in [1.807, 2.05) is 13.0 Å². The van der Waals surface area contributed by atoms with Crippen LogP contribution in [0.15, 0.2) is 52.4 Å². The molecule has 0 fully saturated rings. The summed E-state index contributed by atoms with van der Waals surface area (Å²) in [6.45, 7) is 4.58. The summed E-state index contributed by atoms with van der Waals surface area (Å²) in [6, 6.07) is 11.7. The molecule has 0 aliphatic heterocycles. The van der Waals surface area contributed by atoms with Crippen molar-refractivity contribution in [2.75, 3.05) is 20.1 Å². The van der Waals surface area contributed by atoms with Crippen molar-refractivity contribution in [3.05, 3.63) is 65.0 Å². The molecule has 2 aromatic rings. The topological polar surface area (TPSA) is 82.6 Å². The second-order valence-corrected chi connectivity index (χ2v) is 7.91. The van der Waals surface area contributed by atoms with Gasteiger partial charge in [0.15, 0.2) is 5.96 Å². The summed E-state index contributed by atoms with van der Waals surface area (Å²) in [6.07, 6.45) is 0. The van der Waals surface area contributed by atoms with Gasteiger partial charge in [-0.3, -0.25) is 4.99 Å². The van der Waals surface area contributed by atoms with Gasteiger partial charge in [-0.1, -0.05) is 29.8 Å². The van der Waals surface area contributed by atoms with Gasteiger partial charge in [-0.15, -0.1) is 0 Å². The molecule has 0 saturated carbocycles. The number of halogens is 1. The van der Waals surface area contributed by atoms with Crippen LogP contribution >= 0.6 is 0 Å². The van der Waals surface area contributed by atoms with Gasteiger partial charge < -0.3 is 10.6 Å². The molecule has 2 aromatic carbocycles. The molecule has 0 unspecified atom stereocenters. The van der Waals surface area contributed by atoms with E-state index >= 15 is 0 Å². The standard InChI is InChI=1S/C19H25FN4O2S/c1-14-4-8-17(9-5-14)27(25,26)24-11-10-22-19(21-3)23-13-16-7-6-15(2)18(20)12-16/h4-9,12,24H,10-11,13H2,1-3H3,(H2,21,22,23). The lowest BCUT2D eigenvalue weighted by atomic mass is 10.1. The Morgan fingerprint density at radius 3 is 2.37 bits per heavy atom. The van der Waals surface area contributed by atoms with E-state index in [9.17, 15) is 12.8 Å². The highest BCUT2D eigenvalue weighted by atomic mass is 32.2. The Kier molecular flexibility index (Phi) is 7.32. The van der Waals surface area contributed by atoms with E-state index in [0.29, 0.717) is 24.6 Å². The molecule has 0 saturated heterocycles. The maximum absolute atomic E-state index is 13.6. The SMILES string of the molecule is CN=C(NCCNS(=O)(=O)c1ccc(C)cc1)NCc1ccc(C)c(F)c1. The Hall–Kier alpha value is -2.45. The number of aryl methyl sites for hydroxylation is 2. The minimum absolute atomic E-state index is 0.204. The normalized spacial score (nSPS) is 12.1. The fourth-order valence-electron chi connectivity index (χ4n) is 2.32. The highest BCUT2D eigenvalue weighted by Crippen LogP contribution is 2.10. The van der Waals surface area contributed by atoms with Crippen molar-refractivity contribution < 1.29 is 12.8 Å². The Bertz CT molecular complexity index is 896. The van der Waals surface area contributed by atoms with Gasteiger partial charge in [0.1, 0.15) is 5.82 Å². The van der Waals surface area contributed by atoms with Crippen molar-refractivity contribution in [3.63, 3.8) is 0 Å². The molecule has 0 bridgehead atoms. The van der Waals surface area contributed by atoms with Crippen LogP contribution in [0.25, 0.3) is 0 Å². The van der Waals surface area contributed by atoms with E-state index in [1.54, 1.807) is 44.3 Å². The first kappa shape index (κ1) is 20.9. The zero-order valence-corrected chi connectivity index (χ0v) is 16.5. The fourth-order valence-corrected chi connectivity index (χ4v) is 3.35. The van der Waals surface area contributed by atoms with Crippen molar-refractivity contribution in [2.45, 2.75) is 25.3 Å². The van der Waals surface area contributed by atoms with E-state index in [1.165, 1.54) is 6.07 Å². The van der Waals surface area contributed by atoms with Crippen LogP contribution in [0.3, 0.4) is 0 Å². The lowest BCUT2D eigenvalue weighted by Gasteiger charge is -2.13. The molecule has 0 spiro atoms. The van der Waals surface area contributed by atoms with Gasteiger partial charge >= 0.3 is 0 Å². The highest BCUT2D eigenvalue weighted by molar-refractivity contribution is 7.89. The molecule has 0 aromatic heterocycles. The molecule has 146 valence electrons. The summed E-state index contributed by atoms with van der Waals surface area (Å²) in [5, 5.41) is 6.08. The number of nitrogens with one attached hydrogen (secondary N) is 3. The van der Waals surface area contributed by atoms with Crippen LogP contribution in [0.5, 0.6) is 0 Å². The first-order valence-corrected chi connectivity index (χ1v) is 10.1. The zero-order valence-electron chi connectivity index (χ0n) is 15.7. The van der Waals surface area contributed by atoms with Gasteiger partial charge in [0, 0.05) is 26.7 Å². The molecule has 2 rings (SSSR count). The van der Waals surface area contributed by atoms with Gasteiger partial charge in [0.25, 0.3) is 0 Å². The van der Waals surface area contributed by atoms with Gasteiger partial charge in [0.2, 0.25) is 10.0 Å². The average Bonchev–Trinajstić information content (AvgIpc) is 2.64. The number of benzene rings is 2. The van der Waals surface area contributed by atoms with E-state index in [4.69, 9.17) is 0 Å². The first-order valence-electron chi connectivity index (χ1n) is 8.57. The van der Waals surface area contributed by atoms with Gasteiger partial charge in [-0.2, -0.15) is 0 Å².